The molecule has 0 unspecified atom stereocenters. The van der Waals surface area contributed by atoms with Gasteiger partial charge in [-0.05, 0) is 24.4 Å². The number of amides is 2. The summed E-state index contributed by atoms with van der Waals surface area (Å²) in [6.45, 7) is 1.81. The standard InChI is InChI=1S/C11H17N5O2S/c1-15(6-7(17)16-4-2-3-5-16)11-8(10(13)18)9(12)14-19-11/h2-6H2,1H3,(H2,12,14)(H2,13,18). The van der Waals surface area contributed by atoms with E-state index in [0.717, 1.165) is 37.5 Å². The largest absolute Gasteiger partial charge is 0.382 e. The zero-order valence-corrected chi connectivity index (χ0v) is 11.6. The van der Waals surface area contributed by atoms with Crippen LogP contribution in [0.5, 0.6) is 0 Å². The molecule has 0 saturated carbocycles. The van der Waals surface area contributed by atoms with Gasteiger partial charge in [-0.1, -0.05) is 0 Å². The van der Waals surface area contributed by atoms with Gasteiger partial charge in [-0.15, -0.1) is 0 Å². The van der Waals surface area contributed by atoms with Gasteiger partial charge in [0, 0.05) is 20.1 Å². The van der Waals surface area contributed by atoms with E-state index in [9.17, 15) is 9.59 Å². The highest BCUT2D eigenvalue weighted by Gasteiger charge is 2.24. The summed E-state index contributed by atoms with van der Waals surface area (Å²) in [7, 11) is 1.73. The summed E-state index contributed by atoms with van der Waals surface area (Å²) < 4.78 is 3.92. The Morgan fingerprint density at radius 3 is 2.63 bits per heavy atom. The van der Waals surface area contributed by atoms with Gasteiger partial charge < -0.3 is 21.3 Å². The van der Waals surface area contributed by atoms with Crippen molar-refractivity contribution in [2.75, 3.05) is 37.3 Å². The van der Waals surface area contributed by atoms with Crippen LogP contribution in [0.3, 0.4) is 0 Å². The van der Waals surface area contributed by atoms with Gasteiger partial charge in [0.1, 0.15) is 10.6 Å². The number of hydrogen-bond acceptors (Lipinski definition) is 6. The van der Waals surface area contributed by atoms with Gasteiger partial charge in [0.05, 0.1) is 6.54 Å². The van der Waals surface area contributed by atoms with Crippen LogP contribution < -0.4 is 16.4 Å². The molecule has 0 bridgehead atoms. The Balaban J connectivity index is 2.09. The molecule has 0 aromatic carbocycles. The van der Waals surface area contributed by atoms with Crippen molar-refractivity contribution in [3.8, 4) is 0 Å². The minimum Gasteiger partial charge on any atom is -0.382 e. The molecule has 0 spiro atoms. The second-order valence-electron chi connectivity index (χ2n) is 4.56. The zero-order chi connectivity index (χ0) is 14.0. The molecule has 2 heterocycles. The number of aromatic nitrogens is 1. The first kappa shape index (κ1) is 13.6. The highest BCUT2D eigenvalue weighted by molar-refractivity contribution is 7.11. The molecule has 0 atom stereocenters. The fraction of sp³-hybridized carbons (Fsp3) is 0.545. The summed E-state index contributed by atoms with van der Waals surface area (Å²) in [6, 6.07) is 0. The zero-order valence-electron chi connectivity index (χ0n) is 10.8. The molecule has 4 N–H and O–H groups in total. The predicted octanol–water partition coefficient (Wildman–Crippen LogP) is -0.117. The molecule has 104 valence electrons. The molecule has 1 fully saturated rings. The third-order valence-corrected chi connectivity index (χ3v) is 4.10. The van der Waals surface area contributed by atoms with Crippen molar-refractivity contribution in [1.29, 1.82) is 0 Å². The van der Waals surface area contributed by atoms with Crippen molar-refractivity contribution in [3.63, 3.8) is 0 Å². The van der Waals surface area contributed by atoms with Crippen molar-refractivity contribution < 1.29 is 9.59 Å². The lowest BCUT2D eigenvalue weighted by Gasteiger charge is -2.21. The van der Waals surface area contributed by atoms with Crippen LogP contribution >= 0.6 is 11.5 Å². The van der Waals surface area contributed by atoms with Gasteiger partial charge in [0.2, 0.25) is 5.91 Å². The monoisotopic (exact) mass is 283 g/mol. The number of likely N-dealkylation sites (tertiary alicyclic amines) is 1. The molecule has 1 aliphatic rings. The second kappa shape index (κ2) is 5.43. The summed E-state index contributed by atoms with van der Waals surface area (Å²) in [5, 5.41) is 0.539. The van der Waals surface area contributed by atoms with Crippen LogP contribution in [0.1, 0.15) is 23.2 Å². The molecule has 2 rings (SSSR count). The number of nitrogens with zero attached hydrogens (tertiary/aromatic N) is 3. The van der Waals surface area contributed by atoms with Gasteiger partial charge in [-0.3, -0.25) is 9.59 Å². The number of carbonyl (C=O) groups is 2. The number of hydrogen-bond donors (Lipinski definition) is 2. The molecule has 0 radical (unpaired) electrons. The number of anilines is 2. The summed E-state index contributed by atoms with van der Waals surface area (Å²) in [5.41, 5.74) is 11.1. The summed E-state index contributed by atoms with van der Waals surface area (Å²) in [5.74, 6) is -0.461. The quantitative estimate of drug-likeness (QED) is 0.801. The molecule has 1 aromatic rings. The Labute approximate surface area is 115 Å². The van der Waals surface area contributed by atoms with E-state index in [1.807, 2.05) is 4.90 Å². The minimum atomic E-state index is -0.623. The van der Waals surface area contributed by atoms with E-state index in [0.29, 0.717) is 5.00 Å². The average molecular weight is 283 g/mol. The topological polar surface area (TPSA) is 106 Å². The third-order valence-electron chi connectivity index (χ3n) is 3.12. The van der Waals surface area contributed by atoms with Crippen molar-refractivity contribution in [2.24, 2.45) is 5.73 Å². The van der Waals surface area contributed by atoms with Crippen LogP contribution in [0.25, 0.3) is 0 Å². The maximum atomic E-state index is 12.0. The maximum absolute atomic E-state index is 12.0. The van der Waals surface area contributed by atoms with E-state index in [-0.39, 0.29) is 23.8 Å². The van der Waals surface area contributed by atoms with Crippen LogP contribution in [-0.2, 0) is 4.79 Å². The Kier molecular flexibility index (Phi) is 3.89. The highest BCUT2D eigenvalue weighted by atomic mass is 32.1. The van der Waals surface area contributed by atoms with Gasteiger partial charge in [0.15, 0.2) is 5.82 Å². The molecule has 19 heavy (non-hydrogen) atoms. The summed E-state index contributed by atoms with van der Waals surface area (Å²) in [4.78, 5) is 26.9. The van der Waals surface area contributed by atoms with Gasteiger partial charge >= 0.3 is 0 Å². The molecular weight excluding hydrogens is 266 g/mol. The smallest absolute Gasteiger partial charge is 0.255 e. The lowest BCUT2D eigenvalue weighted by Crippen LogP contribution is -2.37. The first-order chi connectivity index (χ1) is 9.00. The minimum absolute atomic E-state index is 0.0439. The third kappa shape index (κ3) is 2.78. The van der Waals surface area contributed by atoms with Crippen molar-refractivity contribution in [1.82, 2.24) is 9.27 Å². The molecule has 1 saturated heterocycles. The van der Waals surface area contributed by atoms with Crippen LogP contribution in [-0.4, -0.2) is 47.8 Å². The van der Waals surface area contributed by atoms with Crippen molar-refractivity contribution in [3.05, 3.63) is 5.56 Å². The van der Waals surface area contributed by atoms with Crippen molar-refractivity contribution >= 4 is 34.2 Å². The molecule has 7 nitrogen and oxygen atoms in total. The SMILES string of the molecule is CN(CC(=O)N1CCCC1)c1snc(N)c1C(N)=O. The molecular formula is C11H17N5O2S. The Bertz CT molecular complexity index is 495. The molecule has 1 aliphatic heterocycles. The van der Waals surface area contributed by atoms with Gasteiger partial charge in [-0.25, -0.2) is 0 Å². The first-order valence-corrected chi connectivity index (χ1v) is 6.82. The van der Waals surface area contributed by atoms with E-state index >= 15 is 0 Å². The van der Waals surface area contributed by atoms with Gasteiger partial charge in [0.25, 0.3) is 5.91 Å². The highest BCUT2D eigenvalue weighted by Crippen LogP contribution is 2.29. The van der Waals surface area contributed by atoms with E-state index in [1.165, 1.54) is 0 Å². The van der Waals surface area contributed by atoms with E-state index in [4.69, 9.17) is 11.5 Å². The van der Waals surface area contributed by atoms with E-state index in [2.05, 4.69) is 4.37 Å². The number of primary amides is 1. The normalized spacial score (nSPS) is 14.7. The Morgan fingerprint density at radius 2 is 2.05 bits per heavy atom. The fourth-order valence-electron chi connectivity index (χ4n) is 2.13. The molecule has 8 heteroatoms. The number of nitrogen functional groups attached to an aromatic ring is 1. The first-order valence-electron chi connectivity index (χ1n) is 6.04. The number of carbonyl (C=O) groups excluding carboxylic acids is 2. The fourth-order valence-corrected chi connectivity index (χ4v) is 2.90. The molecule has 0 aliphatic carbocycles. The second-order valence-corrected chi connectivity index (χ2v) is 5.31. The van der Waals surface area contributed by atoms with E-state index in [1.54, 1.807) is 11.9 Å². The molecule has 2 amide bonds. The van der Waals surface area contributed by atoms with Crippen LogP contribution in [0.2, 0.25) is 0 Å². The predicted molar refractivity (Wildman–Crippen MR) is 74.1 cm³/mol. The Morgan fingerprint density at radius 1 is 1.42 bits per heavy atom. The van der Waals surface area contributed by atoms with E-state index < -0.39 is 5.91 Å². The summed E-state index contributed by atoms with van der Waals surface area (Å²) in [6.07, 6.45) is 2.10. The Hall–Kier alpha value is -1.83. The van der Waals surface area contributed by atoms with Crippen molar-refractivity contribution in [2.45, 2.75) is 12.8 Å². The average Bonchev–Trinajstić information content (AvgIpc) is 2.96. The lowest BCUT2D eigenvalue weighted by molar-refractivity contribution is -0.128. The number of rotatable bonds is 4. The van der Waals surface area contributed by atoms with Crippen LogP contribution in [0.4, 0.5) is 10.8 Å². The van der Waals surface area contributed by atoms with Crippen LogP contribution in [0.15, 0.2) is 0 Å². The lowest BCUT2D eigenvalue weighted by atomic mass is 10.3. The number of nitrogens with two attached hydrogens (primary N) is 2. The van der Waals surface area contributed by atoms with Gasteiger partial charge in [-0.2, -0.15) is 4.37 Å². The molecule has 1 aromatic heterocycles. The summed E-state index contributed by atoms with van der Waals surface area (Å²) >= 11 is 1.08. The number of likely N-dealkylation sites (N-methyl/N-ethyl adjacent to an activating group) is 1. The maximum Gasteiger partial charge on any atom is 0.255 e. The van der Waals surface area contributed by atoms with Crippen LogP contribution in [0, 0.1) is 0 Å².